The van der Waals surface area contributed by atoms with Gasteiger partial charge in [-0.2, -0.15) is 0 Å². The largest absolute Gasteiger partial charge is 0.496 e. The van der Waals surface area contributed by atoms with E-state index >= 15 is 0 Å². The molecule has 27 heavy (non-hydrogen) atoms. The number of thiazole rings is 1. The lowest BCUT2D eigenvalue weighted by atomic mass is 10.0. The zero-order chi connectivity index (χ0) is 19.6. The number of benzene rings is 1. The van der Waals surface area contributed by atoms with Crippen LogP contribution in [0.3, 0.4) is 0 Å². The van der Waals surface area contributed by atoms with Gasteiger partial charge in [0.15, 0.2) is 5.13 Å². The van der Waals surface area contributed by atoms with Crippen molar-refractivity contribution >= 4 is 22.4 Å². The van der Waals surface area contributed by atoms with Crippen LogP contribution < -0.4 is 21.3 Å². The van der Waals surface area contributed by atoms with Crippen molar-refractivity contribution in [2.45, 2.75) is 20.3 Å². The van der Waals surface area contributed by atoms with E-state index in [-0.39, 0.29) is 12.0 Å². The summed E-state index contributed by atoms with van der Waals surface area (Å²) in [7, 11) is 1.63. The van der Waals surface area contributed by atoms with Gasteiger partial charge >= 0.3 is 5.69 Å². The first-order chi connectivity index (χ1) is 12.9. The maximum absolute atomic E-state index is 12.2. The fourth-order valence-corrected chi connectivity index (χ4v) is 3.37. The van der Waals surface area contributed by atoms with E-state index in [1.54, 1.807) is 7.11 Å². The molecule has 3 aromatic rings. The molecule has 0 spiro atoms. The van der Waals surface area contributed by atoms with E-state index < -0.39 is 17.2 Å². The first-order valence-corrected chi connectivity index (χ1v) is 8.97. The molecular weight excluding hydrogens is 368 g/mol. The number of methoxy groups -OCH3 is 1. The second-order valence-electron chi connectivity index (χ2n) is 6.00. The lowest BCUT2D eigenvalue weighted by Crippen LogP contribution is -2.27. The molecule has 0 saturated heterocycles. The standard InChI is InChI=1S/C18H18N4O4S/c1-9-5-14(26-3)10(2)4-12(9)13-8-27-18(20-13)21-15(23)6-11-7-19-17(25)22-16(11)24/h4-5,7-8H,6H2,1-3H3,(H,20,21,23)(H2,19,22,24,25). The van der Waals surface area contributed by atoms with Crippen LogP contribution in [-0.2, 0) is 11.2 Å². The van der Waals surface area contributed by atoms with Crippen LogP contribution in [0.5, 0.6) is 5.75 Å². The van der Waals surface area contributed by atoms with Crippen LogP contribution in [0, 0.1) is 13.8 Å². The summed E-state index contributed by atoms with van der Waals surface area (Å²) in [6.07, 6.45) is 1.07. The first kappa shape index (κ1) is 18.6. The van der Waals surface area contributed by atoms with Gasteiger partial charge in [0.2, 0.25) is 5.91 Å². The van der Waals surface area contributed by atoms with Gasteiger partial charge in [0, 0.05) is 22.7 Å². The molecule has 0 aliphatic carbocycles. The van der Waals surface area contributed by atoms with Crippen LogP contribution in [0.4, 0.5) is 5.13 Å². The minimum atomic E-state index is -0.612. The van der Waals surface area contributed by atoms with Gasteiger partial charge in [-0.1, -0.05) is 0 Å². The Balaban J connectivity index is 1.76. The third kappa shape index (κ3) is 4.14. The predicted octanol–water partition coefficient (Wildman–Crippen LogP) is 1.99. The molecule has 0 fully saturated rings. The van der Waals surface area contributed by atoms with Gasteiger partial charge in [0.05, 0.1) is 19.2 Å². The van der Waals surface area contributed by atoms with Gasteiger partial charge in [-0.15, -0.1) is 11.3 Å². The van der Waals surface area contributed by atoms with Gasteiger partial charge in [-0.25, -0.2) is 9.78 Å². The molecule has 1 aromatic carbocycles. The van der Waals surface area contributed by atoms with E-state index in [4.69, 9.17) is 4.74 Å². The quantitative estimate of drug-likeness (QED) is 0.620. The number of ether oxygens (including phenoxy) is 1. The average Bonchev–Trinajstić information content (AvgIpc) is 3.07. The molecule has 9 heteroatoms. The molecule has 1 amide bonds. The molecule has 2 heterocycles. The van der Waals surface area contributed by atoms with Gasteiger partial charge in [0.25, 0.3) is 5.56 Å². The molecule has 0 atom stereocenters. The molecule has 3 N–H and O–H groups in total. The third-order valence-electron chi connectivity index (χ3n) is 4.02. The smallest absolute Gasteiger partial charge is 0.325 e. The zero-order valence-electron chi connectivity index (χ0n) is 15.0. The lowest BCUT2D eigenvalue weighted by Gasteiger charge is -2.09. The van der Waals surface area contributed by atoms with Crippen LogP contribution in [0.25, 0.3) is 11.3 Å². The van der Waals surface area contributed by atoms with Gasteiger partial charge in [-0.05, 0) is 37.1 Å². The van der Waals surface area contributed by atoms with E-state index in [1.807, 2.05) is 31.4 Å². The number of aromatic amines is 2. The fourth-order valence-electron chi connectivity index (χ4n) is 2.65. The Morgan fingerprint density at radius 2 is 2.04 bits per heavy atom. The molecule has 0 aliphatic rings. The maximum atomic E-state index is 12.2. The van der Waals surface area contributed by atoms with Crippen molar-refractivity contribution < 1.29 is 9.53 Å². The summed E-state index contributed by atoms with van der Waals surface area (Å²) in [5.74, 6) is 0.419. The average molecular weight is 386 g/mol. The number of rotatable bonds is 5. The van der Waals surface area contributed by atoms with Crippen LogP contribution in [0.1, 0.15) is 16.7 Å². The maximum Gasteiger partial charge on any atom is 0.325 e. The number of carbonyl (C=O) groups excluding carboxylic acids is 1. The molecule has 0 radical (unpaired) electrons. The van der Waals surface area contributed by atoms with E-state index in [1.165, 1.54) is 17.5 Å². The number of aromatic nitrogens is 3. The number of nitrogens with zero attached hydrogens (tertiary/aromatic N) is 1. The first-order valence-electron chi connectivity index (χ1n) is 8.09. The van der Waals surface area contributed by atoms with E-state index in [2.05, 4.69) is 20.3 Å². The lowest BCUT2D eigenvalue weighted by molar-refractivity contribution is -0.115. The molecule has 0 aliphatic heterocycles. The van der Waals surface area contributed by atoms with Crippen molar-refractivity contribution in [2.24, 2.45) is 0 Å². The van der Waals surface area contributed by atoms with Crippen molar-refractivity contribution in [1.29, 1.82) is 0 Å². The Morgan fingerprint density at radius 3 is 2.74 bits per heavy atom. The molecule has 0 unspecified atom stereocenters. The summed E-state index contributed by atoms with van der Waals surface area (Å²) in [5, 5.41) is 4.97. The van der Waals surface area contributed by atoms with Crippen molar-refractivity contribution in [3.05, 3.63) is 61.2 Å². The van der Waals surface area contributed by atoms with Crippen molar-refractivity contribution in [2.75, 3.05) is 12.4 Å². The Morgan fingerprint density at radius 1 is 1.26 bits per heavy atom. The molecule has 0 saturated carbocycles. The van der Waals surface area contributed by atoms with Crippen LogP contribution in [0.2, 0.25) is 0 Å². The zero-order valence-corrected chi connectivity index (χ0v) is 15.8. The van der Waals surface area contributed by atoms with E-state index in [0.717, 1.165) is 28.1 Å². The topological polar surface area (TPSA) is 117 Å². The van der Waals surface area contributed by atoms with Crippen LogP contribution in [-0.4, -0.2) is 28.0 Å². The Labute approximate surface area is 158 Å². The summed E-state index contributed by atoms with van der Waals surface area (Å²) < 4.78 is 5.32. The highest BCUT2D eigenvalue weighted by Crippen LogP contribution is 2.32. The van der Waals surface area contributed by atoms with E-state index in [0.29, 0.717) is 5.13 Å². The van der Waals surface area contributed by atoms with Crippen molar-refractivity contribution in [3.8, 4) is 17.0 Å². The second-order valence-corrected chi connectivity index (χ2v) is 6.85. The summed E-state index contributed by atoms with van der Waals surface area (Å²) in [6.45, 7) is 3.93. The molecule has 2 aromatic heterocycles. The Bertz CT molecular complexity index is 1110. The number of H-pyrrole nitrogens is 2. The number of nitrogens with one attached hydrogen (secondary N) is 3. The van der Waals surface area contributed by atoms with Gasteiger partial charge in [0.1, 0.15) is 5.75 Å². The van der Waals surface area contributed by atoms with Gasteiger partial charge in [-0.3, -0.25) is 14.6 Å². The highest BCUT2D eigenvalue weighted by molar-refractivity contribution is 7.14. The highest BCUT2D eigenvalue weighted by atomic mass is 32.1. The molecule has 140 valence electrons. The Hall–Kier alpha value is -3.20. The van der Waals surface area contributed by atoms with Crippen molar-refractivity contribution in [1.82, 2.24) is 15.0 Å². The summed E-state index contributed by atoms with van der Waals surface area (Å²) in [5.41, 5.74) is 2.69. The van der Waals surface area contributed by atoms with Gasteiger partial charge < -0.3 is 15.0 Å². The van der Waals surface area contributed by atoms with Crippen molar-refractivity contribution in [3.63, 3.8) is 0 Å². The normalized spacial score (nSPS) is 10.6. The monoisotopic (exact) mass is 386 g/mol. The minimum Gasteiger partial charge on any atom is -0.496 e. The number of anilines is 1. The Kier molecular flexibility index (Phi) is 5.22. The SMILES string of the molecule is COc1cc(C)c(-c2csc(NC(=O)Cc3c[nH]c(=O)[nH]c3=O)n2)cc1C. The fraction of sp³-hybridized carbons (Fsp3) is 0.222. The summed E-state index contributed by atoms with van der Waals surface area (Å²) >= 11 is 1.30. The number of amides is 1. The molecule has 8 nitrogen and oxygen atoms in total. The third-order valence-corrected chi connectivity index (χ3v) is 4.77. The number of hydrogen-bond donors (Lipinski definition) is 3. The van der Waals surface area contributed by atoms with Crippen LogP contribution in [0.15, 0.2) is 33.3 Å². The number of carbonyl (C=O) groups is 1. The predicted molar refractivity (Wildman–Crippen MR) is 104 cm³/mol. The second kappa shape index (κ2) is 7.58. The minimum absolute atomic E-state index is 0.165. The van der Waals surface area contributed by atoms with Crippen LogP contribution >= 0.6 is 11.3 Å². The molecule has 3 rings (SSSR count). The summed E-state index contributed by atoms with van der Waals surface area (Å²) in [4.78, 5) is 43.7. The summed E-state index contributed by atoms with van der Waals surface area (Å²) in [6, 6.07) is 3.94. The molecule has 0 bridgehead atoms. The number of aryl methyl sites for hydroxylation is 2. The van der Waals surface area contributed by atoms with E-state index in [9.17, 15) is 14.4 Å². The highest BCUT2D eigenvalue weighted by Gasteiger charge is 2.13. The molecular formula is C18H18N4O4S. The number of hydrogen-bond acceptors (Lipinski definition) is 6.